The van der Waals surface area contributed by atoms with Crippen molar-refractivity contribution in [3.05, 3.63) is 46.1 Å². The van der Waals surface area contributed by atoms with E-state index < -0.39 is 58.6 Å². The SMILES string of the molecule is O=C([O-])CC(Sc1nnn[nH]1)C1=C(C(=O)[O-])N2C(=O)C(NC(=O)C(O)c3cccc(Cl)c3)[C@@H]2SC1.[K+].[K+]. The van der Waals surface area contributed by atoms with Crippen molar-refractivity contribution in [1.82, 2.24) is 30.8 Å². The molecule has 3 unspecified atom stereocenters. The third-order valence-electron chi connectivity index (χ3n) is 5.22. The monoisotopic (exact) mass is 616 g/mol. The number of carbonyl (C=O) groups is 4. The predicted molar refractivity (Wildman–Crippen MR) is 117 cm³/mol. The van der Waals surface area contributed by atoms with E-state index in [1.54, 1.807) is 12.1 Å². The number of aromatic nitrogens is 4. The first kappa shape index (κ1) is 33.3. The molecule has 3 heterocycles. The molecule has 3 N–H and O–H groups in total. The molecule has 184 valence electrons. The third-order valence-corrected chi connectivity index (χ3v) is 7.89. The molecular weight excluding hydrogens is 602 g/mol. The fourth-order valence-electron chi connectivity index (χ4n) is 3.66. The number of carboxylic acids is 2. The van der Waals surface area contributed by atoms with E-state index in [-0.39, 0.29) is 125 Å². The number of hydrogen-bond donors (Lipinski definition) is 3. The van der Waals surface area contributed by atoms with Crippen molar-refractivity contribution < 1.29 is 137 Å². The zero-order valence-corrected chi connectivity index (χ0v) is 28.0. The number of hydrogen-bond acceptors (Lipinski definition) is 12. The topological polar surface area (TPSA) is 204 Å². The minimum atomic E-state index is -1.68. The molecule has 0 bridgehead atoms. The van der Waals surface area contributed by atoms with E-state index in [1.807, 2.05) is 0 Å². The number of tetrazole rings is 1. The molecule has 1 saturated heterocycles. The van der Waals surface area contributed by atoms with Crippen molar-refractivity contribution in [3.63, 3.8) is 0 Å². The average molecular weight is 617 g/mol. The number of amides is 2. The Balaban J connectivity index is 0.00000241. The largest absolute Gasteiger partial charge is 1.00 e. The molecule has 0 radical (unpaired) electrons. The molecule has 2 aliphatic rings. The van der Waals surface area contributed by atoms with E-state index in [1.165, 1.54) is 12.1 Å². The maximum absolute atomic E-state index is 12.9. The van der Waals surface area contributed by atoms with Crippen LogP contribution in [0.25, 0.3) is 0 Å². The number of fused-ring (bicyclic) bond motifs is 1. The first-order chi connectivity index (χ1) is 16.7. The van der Waals surface area contributed by atoms with Crippen LogP contribution in [0.2, 0.25) is 5.02 Å². The van der Waals surface area contributed by atoms with Crippen LogP contribution in [0.4, 0.5) is 0 Å². The average Bonchev–Trinajstić information content (AvgIpc) is 3.33. The summed E-state index contributed by atoms with van der Waals surface area (Å²) in [6.07, 6.45) is -2.17. The predicted octanol–water partition coefficient (Wildman–Crippen LogP) is -8.40. The normalized spacial score (nSPS) is 19.9. The van der Waals surface area contributed by atoms with E-state index in [2.05, 4.69) is 25.9 Å². The molecule has 1 fully saturated rings. The van der Waals surface area contributed by atoms with Gasteiger partial charge in [-0.15, -0.1) is 16.9 Å². The first-order valence-corrected chi connectivity index (χ1v) is 12.2. The van der Waals surface area contributed by atoms with E-state index in [9.17, 15) is 34.5 Å². The van der Waals surface area contributed by atoms with Gasteiger partial charge in [0.15, 0.2) is 6.10 Å². The molecule has 2 aromatic rings. The van der Waals surface area contributed by atoms with E-state index in [4.69, 9.17) is 11.6 Å². The molecule has 37 heavy (non-hydrogen) atoms. The first-order valence-electron chi connectivity index (χ1n) is 9.90. The second-order valence-corrected chi connectivity index (χ2v) is 10.1. The number of halogens is 1. The summed E-state index contributed by atoms with van der Waals surface area (Å²) in [7, 11) is 0. The number of nitrogens with one attached hydrogen (secondary N) is 2. The fraction of sp³-hybridized carbons (Fsp3) is 0.316. The van der Waals surface area contributed by atoms with Crippen molar-refractivity contribution in [2.45, 2.75) is 34.3 Å². The quantitative estimate of drug-likeness (QED) is 0.136. The minimum absolute atomic E-state index is 0. The molecule has 2 aliphatic heterocycles. The minimum Gasteiger partial charge on any atom is -0.550 e. The van der Waals surface area contributed by atoms with Crippen molar-refractivity contribution in [3.8, 4) is 0 Å². The van der Waals surface area contributed by atoms with Gasteiger partial charge in [-0.1, -0.05) is 35.5 Å². The number of aromatic amines is 1. The molecule has 0 spiro atoms. The molecule has 4 rings (SSSR count). The molecule has 1 aromatic heterocycles. The van der Waals surface area contributed by atoms with Crippen molar-refractivity contribution in [2.24, 2.45) is 0 Å². The smallest absolute Gasteiger partial charge is 0.550 e. The Labute approximate surface area is 308 Å². The number of H-pyrrole nitrogens is 1. The number of rotatable bonds is 9. The molecule has 0 aliphatic carbocycles. The molecule has 2 amide bonds. The third kappa shape index (κ3) is 7.66. The molecule has 0 saturated carbocycles. The van der Waals surface area contributed by atoms with Crippen LogP contribution < -0.4 is 118 Å². The van der Waals surface area contributed by atoms with Gasteiger partial charge in [-0.2, -0.15) is 0 Å². The Kier molecular flexibility index (Phi) is 13.2. The molecule has 4 atom stereocenters. The van der Waals surface area contributed by atoms with Crippen molar-refractivity contribution >= 4 is 58.9 Å². The summed E-state index contributed by atoms with van der Waals surface area (Å²) in [5, 5.41) is 47.7. The Morgan fingerprint density at radius 3 is 2.65 bits per heavy atom. The maximum Gasteiger partial charge on any atom is 1.00 e. The van der Waals surface area contributed by atoms with Crippen LogP contribution in [0.5, 0.6) is 0 Å². The zero-order chi connectivity index (χ0) is 25.3. The van der Waals surface area contributed by atoms with Gasteiger partial charge in [0.2, 0.25) is 5.16 Å². The number of thioether (sulfide) groups is 2. The summed E-state index contributed by atoms with van der Waals surface area (Å²) in [6, 6.07) is 4.90. The summed E-state index contributed by atoms with van der Waals surface area (Å²) in [5.41, 5.74) is -0.142. The Hall–Kier alpha value is 0.133. The number of carboxylic acid groups (broad SMARTS) is 2. The van der Waals surface area contributed by atoms with Gasteiger partial charge in [0.1, 0.15) is 11.4 Å². The van der Waals surface area contributed by atoms with Crippen LogP contribution in [-0.2, 0) is 19.2 Å². The van der Waals surface area contributed by atoms with Gasteiger partial charge in [0.05, 0.1) is 11.7 Å². The van der Waals surface area contributed by atoms with Crippen LogP contribution in [0.15, 0.2) is 40.7 Å². The summed E-state index contributed by atoms with van der Waals surface area (Å²) < 4.78 is 0. The van der Waals surface area contributed by atoms with E-state index >= 15 is 0 Å². The van der Waals surface area contributed by atoms with Gasteiger partial charge >= 0.3 is 103 Å². The van der Waals surface area contributed by atoms with Crippen LogP contribution >= 0.6 is 35.1 Å². The standard InChI is InChI=1S/C19H17ClN6O7S2.2K/c20-8-3-1-2-7(4-8)14(29)15(30)21-12-16(31)26-13(18(32)33)9(6-34-17(12)26)10(5-11(27)28)35-19-22-24-25-23-19;;/h1-4,10,12,14,17,29H,5-6H2,(H,21,30)(H,27,28)(H,32,33)(H,22,23,24,25);;/q;2*+1/p-2/t10?,12?,14?,17-;;/m0../s1. The molecule has 1 aromatic carbocycles. The van der Waals surface area contributed by atoms with Crippen LogP contribution in [0, 0.1) is 0 Å². The number of aliphatic hydroxyl groups is 1. The molecule has 18 heteroatoms. The number of aliphatic carboxylic acids is 2. The Morgan fingerprint density at radius 1 is 1.32 bits per heavy atom. The summed E-state index contributed by atoms with van der Waals surface area (Å²) >= 11 is 7.88. The van der Waals surface area contributed by atoms with Crippen LogP contribution in [0.1, 0.15) is 18.1 Å². The summed E-state index contributed by atoms with van der Waals surface area (Å²) in [4.78, 5) is 49.7. The number of benzene rings is 1. The van der Waals surface area contributed by atoms with Crippen LogP contribution in [-0.4, -0.2) is 76.8 Å². The number of carbonyl (C=O) groups excluding carboxylic acids is 4. The number of nitrogens with zero attached hydrogens (tertiary/aromatic N) is 4. The summed E-state index contributed by atoms with van der Waals surface area (Å²) in [6.45, 7) is 0. The maximum atomic E-state index is 12.9. The second-order valence-electron chi connectivity index (χ2n) is 7.40. The molecular formula is C19H15ClK2N6O7S2. The van der Waals surface area contributed by atoms with E-state index in [0.717, 1.165) is 28.4 Å². The Bertz CT molecular complexity index is 1220. The second kappa shape index (κ2) is 14.7. The van der Waals surface area contributed by atoms with Crippen LogP contribution in [0.3, 0.4) is 0 Å². The van der Waals surface area contributed by atoms with Gasteiger partial charge in [0, 0.05) is 28.4 Å². The fourth-order valence-corrected chi connectivity index (χ4v) is 6.39. The Morgan fingerprint density at radius 2 is 2.05 bits per heavy atom. The van der Waals surface area contributed by atoms with Crippen molar-refractivity contribution in [2.75, 3.05) is 5.75 Å². The van der Waals surface area contributed by atoms with Gasteiger partial charge in [-0.25, -0.2) is 5.10 Å². The number of aliphatic hydroxyl groups excluding tert-OH is 1. The van der Waals surface area contributed by atoms with Gasteiger partial charge in [-0.05, 0) is 33.7 Å². The van der Waals surface area contributed by atoms with Gasteiger partial charge in [-0.3, -0.25) is 14.5 Å². The summed E-state index contributed by atoms with van der Waals surface area (Å²) in [5.74, 6) is -4.71. The van der Waals surface area contributed by atoms with Crippen molar-refractivity contribution in [1.29, 1.82) is 0 Å². The molecule has 13 nitrogen and oxygen atoms in total. The number of β-lactam (4-membered cyclic amide) rings is 1. The zero-order valence-electron chi connectivity index (χ0n) is 19.4. The van der Waals surface area contributed by atoms with E-state index in [0.29, 0.717) is 5.02 Å². The van der Waals surface area contributed by atoms with Gasteiger partial charge in [0.25, 0.3) is 11.8 Å². The van der Waals surface area contributed by atoms with Gasteiger partial charge < -0.3 is 30.2 Å².